The molecule has 0 aliphatic rings. The van der Waals surface area contributed by atoms with Crippen molar-refractivity contribution < 1.29 is 5.11 Å². The van der Waals surface area contributed by atoms with Crippen LogP contribution in [0.2, 0.25) is 0 Å². The summed E-state index contributed by atoms with van der Waals surface area (Å²) in [5.74, 6) is 0.509. The normalized spacial score (nSPS) is 13.1. The van der Waals surface area contributed by atoms with E-state index >= 15 is 0 Å². The Labute approximate surface area is 88.9 Å². The van der Waals surface area contributed by atoms with Crippen molar-refractivity contribution in [2.75, 3.05) is 0 Å². The van der Waals surface area contributed by atoms with Crippen LogP contribution in [0.15, 0.2) is 23.1 Å². The number of rotatable bonds is 2. The minimum absolute atomic E-state index is 0.509. The fraction of sp³-hybridized carbons (Fsp3) is 0.250. The molecule has 5 nitrogen and oxygen atoms in total. The van der Waals surface area contributed by atoms with Gasteiger partial charge in [-0.15, -0.1) is 0 Å². The van der Waals surface area contributed by atoms with Crippen LogP contribution >= 0.6 is 15.9 Å². The third kappa shape index (κ3) is 1.46. The highest BCUT2D eigenvalue weighted by molar-refractivity contribution is 9.10. The Morgan fingerprint density at radius 2 is 2.43 bits per heavy atom. The van der Waals surface area contributed by atoms with Gasteiger partial charge in [0.1, 0.15) is 5.82 Å². The molecule has 0 radical (unpaired) electrons. The topological polar surface area (TPSA) is 66.7 Å². The van der Waals surface area contributed by atoms with Gasteiger partial charge in [0.05, 0.1) is 16.4 Å². The van der Waals surface area contributed by atoms with Gasteiger partial charge in [-0.25, -0.2) is 4.98 Å². The first-order valence-electron chi connectivity index (χ1n) is 4.05. The predicted octanol–water partition coefficient (Wildman–Crippen LogP) is 0.987. The molecule has 2 N–H and O–H groups in total. The summed E-state index contributed by atoms with van der Waals surface area (Å²) in [6.45, 7) is 0. The number of hydrogen-bond donors (Lipinski definition) is 2. The lowest BCUT2D eigenvalue weighted by molar-refractivity contribution is 0.200. The zero-order valence-electron chi connectivity index (χ0n) is 7.48. The lowest BCUT2D eigenvalue weighted by atomic mass is 10.2. The number of aromatic nitrogens is 4. The SMILES string of the molecule is Cn1ncc(Br)c1C(O)c1ncc[nH]1. The van der Waals surface area contributed by atoms with Crippen LogP contribution in [0.3, 0.4) is 0 Å². The van der Waals surface area contributed by atoms with Crippen LogP contribution in [0.5, 0.6) is 0 Å². The summed E-state index contributed by atoms with van der Waals surface area (Å²) in [6, 6.07) is 0. The Bertz CT molecular complexity index is 403. The zero-order valence-corrected chi connectivity index (χ0v) is 9.06. The number of nitrogens with zero attached hydrogens (tertiary/aromatic N) is 3. The Hall–Kier alpha value is -1.14. The van der Waals surface area contributed by atoms with Gasteiger partial charge in [0, 0.05) is 19.4 Å². The average molecular weight is 257 g/mol. The van der Waals surface area contributed by atoms with Crippen molar-refractivity contribution in [1.29, 1.82) is 0 Å². The fourth-order valence-corrected chi connectivity index (χ4v) is 1.85. The van der Waals surface area contributed by atoms with Gasteiger partial charge in [0.15, 0.2) is 6.10 Å². The van der Waals surface area contributed by atoms with Gasteiger partial charge in [-0.1, -0.05) is 0 Å². The summed E-state index contributed by atoms with van der Waals surface area (Å²) >= 11 is 3.32. The first kappa shape index (κ1) is 9.42. The van der Waals surface area contributed by atoms with E-state index in [1.165, 1.54) is 0 Å². The second-order valence-corrected chi connectivity index (χ2v) is 3.73. The molecule has 0 saturated heterocycles. The molecule has 0 saturated carbocycles. The van der Waals surface area contributed by atoms with Gasteiger partial charge in [0.25, 0.3) is 0 Å². The lowest BCUT2D eigenvalue weighted by Gasteiger charge is -2.08. The molecule has 0 spiro atoms. The highest BCUT2D eigenvalue weighted by atomic mass is 79.9. The van der Waals surface area contributed by atoms with E-state index in [-0.39, 0.29) is 0 Å². The Balaban J connectivity index is 2.41. The summed E-state index contributed by atoms with van der Waals surface area (Å²) in [4.78, 5) is 6.84. The number of hydrogen-bond acceptors (Lipinski definition) is 3. The van der Waals surface area contributed by atoms with E-state index in [2.05, 4.69) is 31.0 Å². The summed E-state index contributed by atoms with van der Waals surface area (Å²) in [6.07, 6.45) is 4.12. The molecule has 1 atom stereocenters. The van der Waals surface area contributed by atoms with Crippen LogP contribution in [0.4, 0.5) is 0 Å². The maximum atomic E-state index is 9.95. The third-order valence-corrected chi connectivity index (χ3v) is 2.59. The molecule has 2 aromatic heterocycles. The molecular formula is C8H9BrN4O. The molecule has 74 valence electrons. The van der Waals surface area contributed by atoms with Gasteiger partial charge >= 0.3 is 0 Å². The number of aromatic amines is 1. The van der Waals surface area contributed by atoms with Crippen molar-refractivity contribution in [2.24, 2.45) is 7.05 Å². The van der Waals surface area contributed by atoms with E-state index in [1.54, 1.807) is 30.3 Å². The molecule has 1 unspecified atom stereocenters. The second kappa shape index (κ2) is 3.55. The third-order valence-electron chi connectivity index (χ3n) is 1.97. The van der Waals surface area contributed by atoms with Crippen LogP contribution in [-0.2, 0) is 7.05 Å². The highest BCUT2D eigenvalue weighted by Crippen LogP contribution is 2.25. The number of imidazole rings is 1. The number of aliphatic hydroxyl groups excluding tert-OH is 1. The quantitative estimate of drug-likeness (QED) is 0.842. The molecule has 6 heteroatoms. The average Bonchev–Trinajstić information content (AvgIpc) is 2.75. The first-order valence-corrected chi connectivity index (χ1v) is 4.84. The molecule has 0 fully saturated rings. The van der Waals surface area contributed by atoms with E-state index < -0.39 is 6.10 Å². The van der Waals surface area contributed by atoms with Gasteiger partial charge in [-0.05, 0) is 15.9 Å². The van der Waals surface area contributed by atoms with E-state index in [0.717, 1.165) is 4.47 Å². The molecule has 2 aromatic rings. The van der Waals surface area contributed by atoms with Crippen LogP contribution in [0, 0.1) is 0 Å². The molecule has 0 bridgehead atoms. The van der Waals surface area contributed by atoms with Crippen LogP contribution < -0.4 is 0 Å². The van der Waals surface area contributed by atoms with Crippen molar-refractivity contribution in [2.45, 2.75) is 6.10 Å². The van der Waals surface area contributed by atoms with Crippen molar-refractivity contribution in [3.63, 3.8) is 0 Å². The summed E-state index contributed by atoms with van der Waals surface area (Å²) in [7, 11) is 1.77. The second-order valence-electron chi connectivity index (χ2n) is 2.88. The number of nitrogens with one attached hydrogen (secondary N) is 1. The first-order chi connectivity index (χ1) is 6.70. The summed E-state index contributed by atoms with van der Waals surface area (Å²) in [5.41, 5.74) is 0.681. The van der Waals surface area contributed by atoms with Gasteiger partial charge in [0.2, 0.25) is 0 Å². The van der Waals surface area contributed by atoms with Crippen LogP contribution in [0.1, 0.15) is 17.6 Å². The predicted molar refractivity (Wildman–Crippen MR) is 53.6 cm³/mol. The monoisotopic (exact) mass is 256 g/mol. The van der Waals surface area contributed by atoms with Crippen molar-refractivity contribution in [1.82, 2.24) is 19.7 Å². The minimum atomic E-state index is -0.785. The summed E-state index contributed by atoms with van der Waals surface area (Å²) < 4.78 is 2.38. The maximum absolute atomic E-state index is 9.95. The molecule has 0 amide bonds. The zero-order chi connectivity index (χ0) is 10.1. The van der Waals surface area contributed by atoms with Gasteiger partial charge in [-0.2, -0.15) is 5.10 Å². The Morgan fingerprint density at radius 3 is 2.93 bits per heavy atom. The van der Waals surface area contributed by atoms with Gasteiger partial charge in [-0.3, -0.25) is 4.68 Å². The number of H-pyrrole nitrogens is 1. The molecule has 0 aromatic carbocycles. The number of halogens is 1. The van der Waals surface area contributed by atoms with Crippen LogP contribution in [0.25, 0.3) is 0 Å². The fourth-order valence-electron chi connectivity index (χ4n) is 1.28. The maximum Gasteiger partial charge on any atom is 0.154 e. The van der Waals surface area contributed by atoms with E-state index in [0.29, 0.717) is 11.5 Å². The molecule has 2 rings (SSSR count). The Kier molecular flexibility index (Phi) is 2.39. The number of aryl methyl sites for hydroxylation is 1. The van der Waals surface area contributed by atoms with Crippen molar-refractivity contribution in [3.8, 4) is 0 Å². The Morgan fingerprint density at radius 1 is 1.64 bits per heavy atom. The molecule has 0 aliphatic carbocycles. The minimum Gasteiger partial charge on any atom is -0.379 e. The van der Waals surface area contributed by atoms with E-state index in [9.17, 15) is 5.11 Å². The van der Waals surface area contributed by atoms with E-state index in [4.69, 9.17) is 0 Å². The number of aliphatic hydroxyl groups is 1. The molecule has 0 aliphatic heterocycles. The largest absolute Gasteiger partial charge is 0.379 e. The van der Waals surface area contributed by atoms with Crippen LogP contribution in [-0.4, -0.2) is 24.9 Å². The standard InChI is InChI=1S/C8H9BrN4O/c1-13-6(5(9)4-12-13)7(14)8-10-2-3-11-8/h2-4,7,14H,1H3,(H,10,11). The summed E-state index contributed by atoms with van der Waals surface area (Å²) in [5, 5.41) is 14.0. The lowest BCUT2D eigenvalue weighted by Crippen LogP contribution is -2.08. The highest BCUT2D eigenvalue weighted by Gasteiger charge is 2.19. The molecular weight excluding hydrogens is 248 g/mol. The molecule has 2 heterocycles. The van der Waals surface area contributed by atoms with Crippen molar-refractivity contribution in [3.05, 3.63) is 34.6 Å². The van der Waals surface area contributed by atoms with Crippen molar-refractivity contribution >= 4 is 15.9 Å². The smallest absolute Gasteiger partial charge is 0.154 e. The van der Waals surface area contributed by atoms with Gasteiger partial charge < -0.3 is 10.1 Å². The van der Waals surface area contributed by atoms with E-state index in [1.807, 2.05) is 0 Å². The molecule has 14 heavy (non-hydrogen) atoms.